The molecule has 3 rings (SSSR count). The lowest BCUT2D eigenvalue weighted by atomic mass is 9.94. The quantitative estimate of drug-likeness (QED) is 0.753. The van der Waals surface area contributed by atoms with Crippen LogP contribution < -0.4 is 10.1 Å². The highest BCUT2D eigenvalue weighted by Gasteiger charge is 2.30. The molecule has 2 aromatic carbocycles. The minimum absolute atomic E-state index is 0.0408. The minimum Gasteiger partial charge on any atom is -0.494 e. The first kappa shape index (κ1) is 21.3. The van der Waals surface area contributed by atoms with Gasteiger partial charge in [-0.15, -0.1) is 0 Å². The summed E-state index contributed by atoms with van der Waals surface area (Å²) in [6.45, 7) is 3.31. The number of ether oxygens (including phenoxy) is 1. The predicted octanol–water partition coefficient (Wildman–Crippen LogP) is 2.96. The third kappa shape index (κ3) is 5.58. The van der Waals surface area contributed by atoms with Gasteiger partial charge in [0.15, 0.2) is 0 Å². The first-order valence-electron chi connectivity index (χ1n) is 9.91. The van der Waals surface area contributed by atoms with Gasteiger partial charge in [-0.2, -0.15) is 0 Å². The van der Waals surface area contributed by atoms with Crippen molar-refractivity contribution in [3.8, 4) is 5.75 Å². The minimum atomic E-state index is -3.20. The molecule has 2 aromatic rings. The molecule has 1 atom stereocenters. The third-order valence-corrected chi connectivity index (χ3v) is 6.54. The van der Waals surface area contributed by atoms with E-state index in [0.717, 1.165) is 16.9 Å². The maximum Gasteiger partial charge on any atom is 0.223 e. The lowest BCUT2D eigenvalue weighted by molar-refractivity contribution is -0.126. The van der Waals surface area contributed by atoms with E-state index < -0.39 is 10.0 Å². The van der Waals surface area contributed by atoms with Crippen LogP contribution in [0.4, 0.5) is 0 Å². The molecule has 0 aliphatic carbocycles. The van der Waals surface area contributed by atoms with Gasteiger partial charge in [-0.3, -0.25) is 4.79 Å². The highest BCUT2D eigenvalue weighted by atomic mass is 32.2. The van der Waals surface area contributed by atoms with Crippen molar-refractivity contribution in [1.29, 1.82) is 0 Å². The molecule has 1 N–H and O–H groups in total. The van der Waals surface area contributed by atoms with Gasteiger partial charge in [0.25, 0.3) is 0 Å². The maximum atomic E-state index is 13.0. The number of carbonyl (C=O) groups is 1. The fourth-order valence-electron chi connectivity index (χ4n) is 3.64. The average Bonchev–Trinajstić information content (AvgIpc) is 2.73. The summed E-state index contributed by atoms with van der Waals surface area (Å²) in [5, 5.41) is 3.18. The van der Waals surface area contributed by atoms with E-state index >= 15 is 0 Å². The molecule has 0 aromatic heterocycles. The average molecular weight is 417 g/mol. The molecule has 1 fully saturated rings. The van der Waals surface area contributed by atoms with Gasteiger partial charge in [-0.05, 0) is 43.0 Å². The monoisotopic (exact) mass is 416 g/mol. The van der Waals surface area contributed by atoms with E-state index in [9.17, 15) is 13.2 Å². The lowest BCUT2D eigenvalue weighted by Gasteiger charge is -2.31. The van der Waals surface area contributed by atoms with Crippen LogP contribution in [0, 0.1) is 5.92 Å². The molecule has 1 saturated heterocycles. The molecule has 0 radical (unpaired) electrons. The molecule has 1 heterocycles. The number of nitrogens with one attached hydrogen (secondary N) is 1. The summed E-state index contributed by atoms with van der Waals surface area (Å²) in [5.41, 5.74) is 1.97. The largest absolute Gasteiger partial charge is 0.494 e. The van der Waals surface area contributed by atoms with Crippen LogP contribution in [0.1, 0.15) is 36.9 Å². The summed E-state index contributed by atoms with van der Waals surface area (Å²) >= 11 is 0. The van der Waals surface area contributed by atoms with E-state index in [2.05, 4.69) is 5.32 Å². The molecular formula is C22H28N2O4S. The van der Waals surface area contributed by atoms with Gasteiger partial charge < -0.3 is 10.1 Å². The van der Waals surface area contributed by atoms with E-state index in [1.807, 2.05) is 61.5 Å². The van der Waals surface area contributed by atoms with E-state index in [4.69, 9.17) is 4.74 Å². The first-order valence-corrected chi connectivity index (χ1v) is 11.8. The molecule has 1 unspecified atom stereocenters. The second-order valence-electron chi connectivity index (χ2n) is 7.29. The number of sulfonamides is 1. The number of piperidine rings is 1. The molecule has 1 aliphatic heterocycles. The van der Waals surface area contributed by atoms with E-state index in [-0.39, 0.29) is 17.9 Å². The van der Waals surface area contributed by atoms with Gasteiger partial charge in [0.2, 0.25) is 15.9 Å². The Kier molecular flexibility index (Phi) is 6.92. The number of benzene rings is 2. The number of nitrogens with zero attached hydrogens (tertiary/aromatic N) is 1. The fourth-order valence-corrected chi connectivity index (χ4v) is 4.51. The zero-order valence-electron chi connectivity index (χ0n) is 16.9. The summed E-state index contributed by atoms with van der Waals surface area (Å²) in [6, 6.07) is 17.3. The van der Waals surface area contributed by atoms with Gasteiger partial charge in [-0.1, -0.05) is 42.5 Å². The van der Waals surface area contributed by atoms with Crippen molar-refractivity contribution in [1.82, 2.24) is 9.62 Å². The molecule has 29 heavy (non-hydrogen) atoms. The van der Waals surface area contributed by atoms with Gasteiger partial charge in [0, 0.05) is 19.0 Å². The van der Waals surface area contributed by atoms with Gasteiger partial charge >= 0.3 is 0 Å². The van der Waals surface area contributed by atoms with Crippen LogP contribution in [-0.4, -0.2) is 44.6 Å². The molecule has 1 aliphatic rings. The number of amides is 1. The summed E-state index contributed by atoms with van der Waals surface area (Å²) in [6.07, 6.45) is 2.28. The van der Waals surface area contributed by atoms with E-state index in [0.29, 0.717) is 32.5 Å². The number of rotatable bonds is 7. The fraction of sp³-hybridized carbons (Fsp3) is 0.409. The molecule has 7 heteroatoms. The second-order valence-corrected chi connectivity index (χ2v) is 9.27. The molecule has 1 amide bonds. The van der Waals surface area contributed by atoms with Crippen LogP contribution in [0.15, 0.2) is 54.6 Å². The summed E-state index contributed by atoms with van der Waals surface area (Å²) in [4.78, 5) is 13.0. The zero-order chi connectivity index (χ0) is 20.9. The normalized spacial score (nSPS) is 16.9. The maximum absolute atomic E-state index is 13.0. The Morgan fingerprint density at radius 2 is 1.66 bits per heavy atom. The predicted molar refractivity (Wildman–Crippen MR) is 113 cm³/mol. The lowest BCUT2D eigenvalue weighted by Crippen LogP contribution is -2.43. The van der Waals surface area contributed by atoms with Crippen molar-refractivity contribution < 1.29 is 17.9 Å². The Morgan fingerprint density at radius 1 is 1.07 bits per heavy atom. The topological polar surface area (TPSA) is 75.7 Å². The summed E-state index contributed by atoms with van der Waals surface area (Å²) in [5.74, 6) is 0.560. The van der Waals surface area contributed by atoms with Gasteiger partial charge in [0.05, 0.1) is 18.9 Å². The zero-order valence-corrected chi connectivity index (χ0v) is 17.7. The van der Waals surface area contributed by atoms with E-state index in [1.54, 1.807) is 0 Å². The molecule has 0 saturated carbocycles. The molecule has 156 valence electrons. The number of carbonyl (C=O) groups excluding carboxylic acids is 1. The van der Waals surface area contributed by atoms with Crippen molar-refractivity contribution in [2.24, 2.45) is 5.92 Å². The van der Waals surface area contributed by atoms with Crippen molar-refractivity contribution in [3.05, 3.63) is 65.7 Å². The van der Waals surface area contributed by atoms with Gasteiger partial charge in [0.1, 0.15) is 5.75 Å². The van der Waals surface area contributed by atoms with Crippen molar-refractivity contribution >= 4 is 15.9 Å². The number of hydrogen-bond acceptors (Lipinski definition) is 4. The Labute approximate surface area is 172 Å². The Morgan fingerprint density at radius 3 is 2.21 bits per heavy atom. The van der Waals surface area contributed by atoms with Crippen molar-refractivity contribution in [2.45, 2.75) is 25.8 Å². The Bertz CT molecular complexity index is 906. The van der Waals surface area contributed by atoms with Crippen LogP contribution in [0.3, 0.4) is 0 Å². The molecule has 0 bridgehead atoms. The molecule has 0 spiro atoms. The van der Waals surface area contributed by atoms with Gasteiger partial charge in [-0.25, -0.2) is 12.7 Å². The second kappa shape index (κ2) is 9.41. The summed E-state index contributed by atoms with van der Waals surface area (Å²) < 4.78 is 30.4. The van der Waals surface area contributed by atoms with Crippen LogP contribution >= 0.6 is 0 Å². The first-order chi connectivity index (χ1) is 13.9. The van der Waals surface area contributed by atoms with Crippen LogP contribution in [0.25, 0.3) is 0 Å². The third-order valence-electron chi connectivity index (χ3n) is 5.24. The van der Waals surface area contributed by atoms with E-state index in [1.165, 1.54) is 10.6 Å². The van der Waals surface area contributed by atoms with Crippen LogP contribution in [0.2, 0.25) is 0 Å². The molecular weight excluding hydrogens is 388 g/mol. The Balaban J connectivity index is 1.75. The molecule has 6 nitrogen and oxygen atoms in total. The standard InChI is InChI=1S/C22H28N2O4S/c1-3-28-20-11-9-18(10-12-20)21(17-7-5-4-6-8-17)23-22(25)19-13-15-24(16-14-19)29(2,26)27/h4-12,19,21H,3,13-16H2,1-2H3,(H,23,25). The highest BCUT2D eigenvalue weighted by Crippen LogP contribution is 2.26. The highest BCUT2D eigenvalue weighted by molar-refractivity contribution is 7.88. The van der Waals surface area contributed by atoms with Crippen LogP contribution in [-0.2, 0) is 14.8 Å². The number of hydrogen-bond donors (Lipinski definition) is 1. The SMILES string of the molecule is CCOc1ccc(C(NC(=O)C2CCN(S(C)(=O)=O)CC2)c2ccccc2)cc1. The van der Waals surface area contributed by atoms with Crippen LogP contribution in [0.5, 0.6) is 5.75 Å². The smallest absolute Gasteiger partial charge is 0.223 e. The van der Waals surface area contributed by atoms with Crippen molar-refractivity contribution in [2.75, 3.05) is 26.0 Å². The summed E-state index contributed by atoms with van der Waals surface area (Å²) in [7, 11) is -3.20. The van der Waals surface area contributed by atoms with Crippen molar-refractivity contribution in [3.63, 3.8) is 0 Å². The Hall–Kier alpha value is -2.38.